The minimum absolute atomic E-state index is 0.147. The molecule has 3 nitrogen and oxygen atoms in total. The highest BCUT2D eigenvalue weighted by atomic mass is 19.4. The van der Waals surface area contributed by atoms with Crippen molar-refractivity contribution in [2.75, 3.05) is 13.1 Å². The minimum atomic E-state index is -4.65. The van der Waals surface area contributed by atoms with Gasteiger partial charge in [0.15, 0.2) is 5.78 Å². The number of alkyl halides is 3. The molecule has 1 aliphatic heterocycles. The Balaban J connectivity index is 2.52. The van der Waals surface area contributed by atoms with Crippen molar-refractivity contribution in [3.63, 3.8) is 0 Å². The predicted octanol–water partition coefficient (Wildman–Crippen LogP) is 2.96. The Hall–Kier alpha value is -1.33. The lowest BCUT2D eigenvalue weighted by molar-refractivity contribution is -0.149. The van der Waals surface area contributed by atoms with Crippen LogP contribution in [-0.2, 0) is 9.59 Å². The molecule has 2 rings (SSSR count). The lowest BCUT2D eigenvalue weighted by atomic mass is 9.54. The van der Waals surface area contributed by atoms with Crippen molar-refractivity contribution in [1.29, 1.82) is 0 Å². The Kier molecular flexibility index (Phi) is 3.50. The topological polar surface area (TPSA) is 37.4 Å². The molecule has 118 valence electrons. The van der Waals surface area contributed by atoms with Gasteiger partial charge in [0.05, 0.1) is 5.57 Å². The molecule has 0 radical (unpaired) electrons. The third-order valence-corrected chi connectivity index (χ3v) is 4.94. The van der Waals surface area contributed by atoms with Gasteiger partial charge < -0.3 is 4.90 Å². The quantitative estimate of drug-likeness (QED) is 0.690. The molecule has 1 heterocycles. The molecule has 0 saturated carbocycles. The van der Waals surface area contributed by atoms with Crippen molar-refractivity contribution in [2.24, 2.45) is 16.7 Å². The van der Waals surface area contributed by atoms with Crippen LogP contribution in [0.1, 0.15) is 34.1 Å². The van der Waals surface area contributed by atoms with Gasteiger partial charge in [0.2, 0.25) is 5.91 Å². The zero-order valence-electron chi connectivity index (χ0n) is 12.7. The minimum Gasteiger partial charge on any atom is -0.342 e. The zero-order chi connectivity index (χ0) is 16.2. The number of hydrogen-bond donors (Lipinski definition) is 0. The predicted molar refractivity (Wildman–Crippen MR) is 71.4 cm³/mol. The van der Waals surface area contributed by atoms with E-state index >= 15 is 0 Å². The van der Waals surface area contributed by atoms with Crippen molar-refractivity contribution >= 4 is 11.7 Å². The van der Waals surface area contributed by atoms with E-state index in [-0.39, 0.29) is 18.4 Å². The van der Waals surface area contributed by atoms with E-state index in [1.807, 2.05) is 0 Å². The molecule has 0 bridgehead atoms. The molecule has 0 aromatic heterocycles. The molecule has 21 heavy (non-hydrogen) atoms. The molecule has 6 heteroatoms. The molecule has 1 amide bonds. The van der Waals surface area contributed by atoms with E-state index < -0.39 is 28.4 Å². The van der Waals surface area contributed by atoms with Crippen LogP contribution in [0.15, 0.2) is 11.6 Å². The number of carbonyl (C=O) groups excluding carboxylic acids is 2. The Morgan fingerprint density at radius 3 is 2.38 bits per heavy atom. The number of likely N-dealkylation sites (tertiary alicyclic amines) is 1. The van der Waals surface area contributed by atoms with E-state index in [1.54, 1.807) is 25.7 Å². The summed E-state index contributed by atoms with van der Waals surface area (Å²) in [5.74, 6) is -1.18. The van der Waals surface area contributed by atoms with Crippen LogP contribution in [0.5, 0.6) is 0 Å². The second kappa shape index (κ2) is 4.58. The molecule has 2 aliphatic rings. The van der Waals surface area contributed by atoms with Crippen molar-refractivity contribution in [2.45, 2.75) is 40.3 Å². The fraction of sp³-hybridized carbons (Fsp3) is 0.733. The van der Waals surface area contributed by atoms with Gasteiger partial charge in [-0.15, -0.1) is 0 Å². The molecule has 1 saturated heterocycles. The number of piperidine rings is 1. The molecular formula is C15H20F3NO2. The Morgan fingerprint density at radius 2 is 1.90 bits per heavy atom. The van der Waals surface area contributed by atoms with Gasteiger partial charge in [-0.3, -0.25) is 9.59 Å². The van der Waals surface area contributed by atoms with Crippen LogP contribution < -0.4 is 0 Å². The number of Topliss-reactive ketones (excluding diaryl/α,β-unsaturated/α-hetero) is 1. The Bertz CT molecular complexity index is 522. The van der Waals surface area contributed by atoms with Gasteiger partial charge in [-0.2, -0.15) is 13.2 Å². The number of hydrogen-bond acceptors (Lipinski definition) is 2. The summed E-state index contributed by atoms with van der Waals surface area (Å²) in [6.07, 6.45) is -3.06. The lowest BCUT2D eigenvalue weighted by Crippen LogP contribution is -2.57. The van der Waals surface area contributed by atoms with Crippen LogP contribution in [-0.4, -0.2) is 35.9 Å². The van der Waals surface area contributed by atoms with E-state index in [2.05, 4.69) is 0 Å². The highest BCUT2D eigenvalue weighted by Gasteiger charge is 2.57. The largest absolute Gasteiger partial charge is 0.419 e. The van der Waals surface area contributed by atoms with Gasteiger partial charge in [-0.05, 0) is 12.3 Å². The average molecular weight is 303 g/mol. The highest BCUT2D eigenvalue weighted by molar-refractivity contribution is 6.02. The third kappa shape index (κ3) is 2.49. The standard InChI is InChI=1S/C15H20F3NO2/c1-9(20)19-6-5-11-13(2,3)12(21)10(15(16,17)18)7-14(11,4)8-19/h7,11H,5-6,8H2,1-4H3/t11-,14+/m1/s1. The fourth-order valence-corrected chi connectivity index (χ4v) is 3.93. The second-order valence-electron chi connectivity index (χ2n) is 6.89. The number of amides is 1. The van der Waals surface area contributed by atoms with Crippen LogP contribution >= 0.6 is 0 Å². The smallest absolute Gasteiger partial charge is 0.342 e. The molecule has 0 aromatic carbocycles. The van der Waals surface area contributed by atoms with E-state index in [4.69, 9.17) is 0 Å². The van der Waals surface area contributed by atoms with Gasteiger partial charge in [0, 0.05) is 30.8 Å². The molecule has 2 atom stereocenters. The maximum Gasteiger partial charge on any atom is 0.419 e. The summed E-state index contributed by atoms with van der Waals surface area (Å²) in [7, 11) is 0. The zero-order valence-corrected chi connectivity index (χ0v) is 12.7. The van der Waals surface area contributed by atoms with Crippen molar-refractivity contribution in [3.8, 4) is 0 Å². The molecule has 0 spiro atoms. The second-order valence-corrected chi connectivity index (χ2v) is 6.89. The first kappa shape index (κ1) is 16.0. The lowest BCUT2D eigenvalue weighted by Gasteiger charge is -2.53. The van der Waals surface area contributed by atoms with Crippen LogP contribution in [0.25, 0.3) is 0 Å². The maximum absolute atomic E-state index is 13.1. The van der Waals surface area contributed by atoms with Crippen molar-refractivity contribution in [1.82, 2.24) is 4.90 Å². The van der Waals surface area contributed by atoms with Crippen molar-refractivity contribution in [3.05, 3.63) is 11.6 Å². The number of carbonyl (C=O) groups is 2. The molecule has 0 N–H and O–H groups in total. The number of allylic oxidation sites excluding steroid dienone is 1. The van der Waals surface area contributed by atoms with Crippen LogP contribution in [0.4, 0.5) is 13.2 Å². The SMILES string of the molecule is CC(=O)N1CC[C@@H]2C(C)(C)C(=O)C(C(F)(F)F)=C[C@@]2(C)C1. The average Bonchev–Trinajstić information content (AvgIpc) is 2.32. The monoisotopic (exact) mass is 303 g/mol. The Labute approximate surface area is 122 Å². The molecule has 1 fully saturated rings. The summed E-state index contributed by atoms with van der Waals surface area (Å²) in [5, 5.41) is 0. The fourth-order valence-electron chi connectivity index (χ4n) is 3.93. The highest BCUT2D eigenvalue weighted by Crippen LogP contribution is 2.54. The van der Waals surface area contributed by atoms with E-state index in [9.17, 15) is 22.8 Å². The number of fused-ring (bicyclic) bond motifs is 1. The van der Waals surface area contributed by atoms with Crippen LogP contribution in [0.2, 0.25) is 0 Å². The summed E-state index contributed by atoms with van der Waals surface area (Å²) in [5.41, 5.74) is -2.97. The summed E-state index contributed by atoms with van der Waals surface area (Å²) in [6, 6.07) is 0. The van der Waals surface area contributed by atoms with Gasteiger partial charge in [-0.25, -0.2) is 0 Å². The first-order chi connectivity index (χ1) is 9.39. The summed E-state index contributed by atoms with van der Waals surface area (Å²) in [4.78, 5) is 25.3. The van der Waals surface area contributed by atoms with E-state index in [0.29, 0.717) is 13.0 Å². The number of rotatable bonds is 0. The van der Waals surface area contributed by atoms with Gasteiger partial charge in [0.1, 0.15) is 0 Å². The molecular weight excluding hydrogens is 283 g/mol. The van der Waals surface area contributed by atoms with Crippen molar-refractivity contribution < 1.29 is 22.8 Å². The first-order valence-corrected chi connectivity index (χ1v) is 7.00. The van der Waals surface area contributed by atoms with Crippen LogP contribution in [0.3, 0.4) is 0 Å². The number of nitrogens with zero attached hydrogens (tertiary/aromatic N) is 1. The van der Waals surface area contributed by atoms with Gasteiger partial charge in [0.25, 0.3) is 0 Å². The van der Waals surface area contributed by atoms with E-state index in [0.717, 1.165) is 6.08 Å². The summed E-state index contributed by atoms with van der Waals surface area (Å²) >= 11 is 0. The Morgan fingerprint density at radius 1 is 1.33 bits per heavy atom. The molecule has 0 unspecified atom stereocenters. The summed E-state index contributed by atoms with van der Waals surface area (Å²) < 4.78 is 39.4. The number of halogens is 3. The molecule has 0 aromatic rings. The van der Waals surface area contributed by atoms with Crippen LogP contribution in [0, 0.1) is 16.7 Å². The third-order valence-electron chi connectivity index (χ3n) is 4.94. The molecule has 1 aliphatic carbocycles. The summed E-state index contributed by atoms with van der Waals surface area (Å²) in [6.45, 7) is 7.01. The van der Waals surface area contributed by atoms with Gasteiger partial charge in [-0.1, -0.05) is 26.8 Å². The maximum atomic E-state index is 13.1. The van der Waals surface area contributed by atoms with Gasteiger partial charge >= 0.3 is 6.18 Å². The normalized spacial score (nSPS) is 32.5. The first-order valence-electron chi connectivity index (χ1n) is 7.00. The number of ketones is 1. The van der Waals surface area contributed by atoms with E-state index in [1.165, 1.54) is 6.92 Å².